The van der Waals surface area contributed by atoms with Crippen LogP contribution in [0.4, 0.5) is 22.0 Å². The number of piperidine rings is 1. The summed E-state index contributed by atoms with van der Waals surface area (Å²) in [6.07, 6.45) is -11.0. The number of hydrogen-bond donors (Lipinski definition) is 1. The molecule has 0 bridgehead atoms. The van der Waals surface area contributed by atoms with Gasteiger partial charge in [0.2, 0.25) is 0 Å². The summed E-state index contributed by atoms with van der Waals surface area (Å²) in [5.41, 5.74) is 0. The molecule has 0 aromatic carbocycles. The van der Waals surface area contributed by atoms with Crippen molar-refractivity contribution < 1.29 is 26.7 Å². The molecule has 0 aromatic rings. The zero-order valence-corrected chi connectivity index (χ0v) is 7.20. The van der Waals surface area contributed by atoms with Crippen LogP contribution in [0.25, 0.3) is 0 Å². The highest BCUT2D eigenvalue weighted by Crippen LogP contribution is 2.37. The Hall–Kier alpha value is -0.430. The van der Waals surface area contributed by atoms with E-state index in [1.165, 1.54) is 0 Å². The summed E-state index contributed by atoms with van der Waals surface area (Å²) in [4.78, 5) is 0. The van der Waals surface area contributed by atoms with Crippen molar-refractivity contribution in [1.82, 2.24) is 5.32 Å². The maximum atomic E-state index is 12.3. The van der Waals surface area contributed by atoms with E-state index in [4.69, 9.17) is 0 Å². The van der Waals surface area contributed by atoms with Gasteiger partial charge < -0.3 is 10.1 Å². The largest absolute Gasteiger partial charge is 0.482 e. The zero-order chi connectivity index (χ0) is 10.8. The molecule has 0 radical (unpaired) electrons. The van der Waals surface area contributed by atoms with Gasteiger partial charge in [0.05, 0.1) is 6.10 Å². The third kappa shape index (κ3) is 2.78. The van der Waals surface area contributed by atoms with E-state index in [0.717, 1.165) is 0 Å². The summed E-state index contributed by atoms with van der Waals surface area (Å²) in [5, 5.41) is 2.68. The van der Waals surface area contributed by atoms with E-state index >= 15 is 0 Å². The van der Waals surface area contributed by atoms with E-state index in [0.29, 0.717) is 13.0 Å². The van der Waals surface area contributed by atoms with E-state index in [-0.39, 0.29) is 13.0 Å². The van der Waals surface area contributed by atoms with Crippen LogP contribution in [0, 0.1) is 0 Å². The van der Waals surface area contributed by atoms with Gasteiger partial charge in [-0.05, 0) is 19.4 Å². The first-order chi connectivity index (χ1) is 6.33. The van der Waals surface area contributed by atoms with Crippen LogP contribution in [0.3, 0.4) is 0 Å². The maximum absolute atomic E-state index is 12.3. The lowest BCUT2D eigenvalue weighted by Gasteiger charge is -2.28. The first-order valence-corrected chi connectivity index (χ1v) is 4.16. The van der Waals surface area contributed by atoms with Crippen molar-refractivity contribution in [2.24, 2.45) is 0 Å². The molecule has 1 unspecified atom stereocenters. The fourth-order valence-corrected chi connectivity index (χ4v) is 1.20. The molecule has 1 saturated heterocycles. The number of alkyl halides is 5. The molecule has 0 saturated carbocycles. The van der Waals surface area contributed by atoms with Crippen molar-refractivity contribution in [3.63, 3.8) is 0 Å². The Labute approximate surface area is 77.4 Å². The van der Waals surface area contributed by atoms with Crippen LogP contribution in [-0.2, 0) is 4.74 Å². The van der Waals surface area contributed by atoms with Crippen LogP contribution in [0.15, 0.2) is 0 Å². The second kappa shape index (κ2) is 3.98. The minimum atomic E-state index is -5.63. The average Bonchev–Trinajstić information content (AvgIpc) is 2.03. The van der Waals surface area contributed by atoms with Gasteiger partial charge in [-0.25, -0.2) is 0 Å². The first-order valence-electron chi connectivity index (χ1n) is 4.16. The monoisotopic (exact) mass is 219 g/mol. The molecule has 1 atom stereocenters. The lowest BCUT2D eigenvalue weighted by Crippen LogP contribution is -2.46. The van der Waals surface area contributed by atoms with E-state index < -0.39 is 18.4 Å². The molecule has 0 spiro atoms. The average molecular weight is 219 g/mol. The molecule has 1 aliphatic heterocycles. The Morgan fingerprint density at radius 1 is 1.14 bits per heavy atom. The topological polar surface area (TPSA) is 21.3 Å². The van der Waals surface area contributed by atoms with E-state index in [1.54, 1.807) is 0 Å². The number of nitrogens with one attached hydrogen (secondary N) is 1. The summed E-state index contributed by atoms with van der Waals surface area (Å²) < 4.78 is 63.5. The van der Waals surface area contributed by atoms with Crippen LogP contribution < -0.4 is 5.32 Å². The van der Waals surface area contributed by atoms with Gasteiger partial charge in [0.1, 0.15) is 0 Å². The second-order valence-electron chi connectivity index (χ2n) is 3.10. The predicted molar refractivity (Wildman–Crippen MR) is 38.0 cm³/mol. The molecule has 2 nitrogen and oxygen atoms in total. The molecule has 84 valence electrons. The highest BCUT2D eigenvalue weighted by Gasteiger charge is 2.60. The van der Waals surface area contributed by atoms with Crippen LogP contribution in [-0.4, -0.2) is 31.5 Å². The predicted octanol–water partition coefficient (Wildman–Crippen LogP) is 1.91. The zero-order valence-electron chi connectivity index (χ0n) is 7.20. The molecule has 1 rings (SSSR count). The van der Waals surface area contributed by atoms with Crippen molar-refractivity contribution in [3.8, 4) is 0 Å². The smallest absolute Gasteiger partial charge is 0.314 e. The van der Waals surface area contributed by atoms with Gasteiger partial charge in [0, 0.05) is 6.54 Å². The maximum Gasteiger partial charge on any atom is 0.482 e. The Bertz CT molecular complexity index is 187. The van der Waals surface area contributed by atoms with Crippen LogP contribution in [0.5, 0.6) is 0 Å². The van der Waals surface area contributed by atoms with Gasteiger partial charge in [-0.1, -0.05) is 0 Å². The van der Waals surface area contributed by atoms with Crippen molar-refractivity contribution in [2.75, 3.05) is 13.1 Å². The molecular formula is C7H10F5NO. The fraction of sp³-hybridized carbons (Fsp3) is 1.00. The summed E-state index contributed by atoms with van der Waals surface area (Å²) in [7, 11) is 0. The van der Waals surface area contributed by atoms with E-state index in [9.17, 15) is 22.0 Å². The van der Waals surface area contributed by atoms with Crippen molar-refractivity contribution in [2.45, 2.75) is 31.2 Å². The first kappa shape index (κ1) is 11.6. The highest BCUT2D eigenvalue weighted by molar-refractivity contribution is 4.73. The normalized spacial score (nSPS) is 25.1. The summed E-state index contributed by atoms with van der Waals surface area (Å²) in [6, 6.07) is 0. The van der Waals surface area contributed by atoms with Crippen LogP contribution >= 0.6 is 0 Å². The van der Waals surface area contributed by atoms with Crippen molar-refractivity contribution in [3.05, 3.63) is 0 Å². The third-order valence-electron chi connectivity index (χ3n) is 1.90. The summed E-state index contributed by atoms with van der Waals surface area (Å²) >= 11 is 0. The molecule has 0 aromatic heterocycles. The van der Waals surface area contributed by atoms with Gasteiger partial charge in [-0.3, -0.25) is 0 Å². The summed E-state index contributed by atoms with van der Waals surface area (Å²) in [5.74, 6) is 0. The highest BCUT2D eigenvalue weighted by atomic mass is 19.4. The van der Waals surface area contributed by atoms with Gasteiger partial charge in [-0.2, -0.15) is 22.0 Å². The van der Waals surface area contributed by atoms with Gasteiger partial charge in [0.15, 0.2) is 0 Å². The molecule has 1 aliphatic rings. The van der Waals surface area contributed by atoms with E-state index in [2.05, 4.69) is 10.1 Å². The van der Waals surface area contributed by atoms with E-state index in [1.807, 2.05) is 0 Å². The fourth-order valence-electron chi connectivity index (χ4n) is 1.20. The van der Waals surface area contributed by atoms with Gasteiger partial charge in [-0.15, -0.1) is 0 Å². The number of hydrogen-bond acceptors (Lipinski definition) is 2. The Morgan fingerprint density at radius 3 is 2.21 bits per heavy atom. The van der Waals surface area contributed by atoms with Gasteiger partial charge in [0.25, 0.3) is 0 Å². The molecule has 1 fully saturated rings. The minimum Gasteiger partial charge on any atom is -0.314 e. The lowest BCUT2D eigenvalue weighted by atomic mass is 10.1. The Balaban J connectivity index is 2.49. The van der Waals surface area contributed by atoms with Crippen LogP contribution in [0.2, 0.25) is 0 Å². The molecule has 1 heterocycles. The quantitative estimate of drug-likeness (QED) is 0.716. The standard InChI is InChI=1S/C7H10F5NO/c8-6(9,10)7(11,12)14-5-2-1-3-13-4-5/h5,13H,1-4H2. The molecule has 1 N–H and O–H groups in total. The SMILES string of the molecule is FC(F)(F)C(F)(F)OC1CCCNC1. The van der Waals surface area contributed by atoms with Crippen LogP contribution in [0.1, 0.15) is 12.8 Å². The Kier molecular flexibility index (Phi) is 3.31. The van der Waals surface area contributed by atoms with Crippen molar-refractivity contribution >= 4 is 0 Å². The number of ether oxygens (including phenoxy) is 1. The molecule has 14 heavy (non-hydrogen) atoms. The minimum absolute atomic E-state index is 0.0334. The lowest BCUT2D eigenvalue weighted by molar-refractivity contribution is -0.402. The third-order valence-corrected chi connectivity index (χ3v) is 1.90. The van der Waals surface area contributed by atoms with Crippen molar-refractivity contribution in [1.29, 1.82) is 0 Å². The number of halogens is 5. The molecular weight excluding hydrogens is 209 g/mol. The summed E-state index contributed by atoms with van der Waals surface area (Å²) in [6.45, 7) is 0.656. The molecule has 7 heteroatoms. The van der Waals surface area contributed by atoms with Gasteiger partial charge >= 0.3 is 12.3 Å². The number of rotatable bonds is 2. The molecule has 0 amide bonds. The second-order valence-corrected chi connectivity index (χ2v) is 3.10. The molecule has 0 aliphatic carbocycles. The Morgan fingerprint density at radius 2 is 1.79 bits per heavy atom.